The molecule has 0 aliphatic carbocycles. The molecule has 100 valence electrons. The van der Waals surface area contributed by atoms with Crippen LogP contribution in [0.1, 0.15) is 42.7 Å². The Bertz CT molecular complexity index is 414. The van der Waals surface area contributed by atoms with Crippen LogP contribution in [0.4, 0.5) is 0 Å². The van der Waals surface area contributed by atoms with Gasteiger partial charge in [-0.15, -0.1) is 0 Å². The van der Waals surface area contributed by atoms with E-state index >= 15 is 0 Å². The SMILES string of the molecule is CCOCC(C)OC(=O)c1cnn2c1CCCC2. The van der Waals surface area contributed by atoms with E-state index in [9.17, 15) is 4.79 Å². The van der Waals surface area contributed by atoms with Gasteiger partial charge in [0.05, 0.1) is 18.5 Å². The lowest BCUT2D eigenvalue weighted by Crippen LogP contribution is -2.22. The van der Waals surface area contributed by atoms with Crippen molar-refractivity contribution in [2.75, 3.05) is 13.2 Å². The summed E-state index contributed by atoms with van der Waals surface area (Å²) < 4.78 is 12.5. The third kappa shape index (κ3) is 2.90. The van der Waals surface area contributed by atoms with Gasteiger partial charge in [-0.25, -0.2) is 4.79 Å². The van der Waals surface area contributed by atoms with Crippen molar-refractivity contribution in [2.45, 2.75) is 45.8 Å². The van der Waals surface area contributed by atoms with E-state index in [0.717, 1.165) is 31.5 Å². The number of esters is 1. The lowest BCUT2D eigenvalue weighted by Gasteiger charge is -2.16. The Balaban J connectivity index is 1.98. The van der Waals surface area contributed by atoms with Gasteiger partial charge in [-0.1, -0.05) is 0 Å². The van der Waals surface area contributed by atoms with Crippen LogP contribution >= 0.6 is 0 Å². The van der Waals surface area contributed by atoms with E-state index in [1.165, 1.54) is 0 Å². The summed E-state index contributed by atoms with van der Waals surface area (Å²) in [5.74, 6) is -0.287. The van der Waals surface area contributed by atoms with Crippen LogP contribution in [0.25, 0.3) is 0 Å². The number of aromatic nitrogens is 2. The molecule has 0 spiro atoms. The molecule has 0 bridgehead atoms. The molecule has 1 aliphatic heterocycles. The van der Waals surface area contributed by atoms with Crippen LogP contribution in [-0.4, -0.2) is 35.1 Å². The summed E-state index contributed by atoms with van der Waals surface area (Å²) in [5, 5.41) is 4.23. The highest BCUT2D eigenvalue weighted by atomic mass is 16.6. The lowest BCUT2D eigenvalue weighted by molar-refractivity contribution is 0.00426. The number of fused-ring (bicyclic) bond motifs is 1. The minimum absolute atomic E-state index is 0.225. The van der Waals surface area contributed by atoms with E-state index in [2.05, 4.69) is 5.10 Å². The standard InChI is InChI=1S/C13H20N2O3/c1-3-17-9-10(2)18-13(16)11-8-14-15-7-5-4-6-12(11)15/h8,10H,3-7,9H2,1-2H3. The molecule has 2 heterocycles. The molecule has 1 unspecified atom stereocenters. The summed E-state index contributed by atoms with van der Waals surface area (Å²) in [6.07, 6.45) is 4.54. The van der Waals surface area contributed by atoms with Crippen LogP contribution < -0.4 is 0 Å². The molecule has 5 nitrogen and oxygen atoms in total. The van der Waals surface area contributed by atoms with Crippen molar-refractivity contribution < 1.29 is 14.3 Å². The first kappa shape index (κ1) is 13.1. The number of hydrogen-bond donors (Lipinski definition) is 0. The molecule has 1 atom stereocenters. The Labute approximate surface area is 107 Å². The van der Waals surface area contributed by atoms with E-state index in [1.807, 2.05) is 18.5 Å². The molecule has 5 heteroatoms. The normalized spacial score (nSPS) is 16.1. The minimum Gasteiger partial charge on any atom is -0.457 e. The van der Waals surface area contributed by atoms with Crippen LogP contribution in [0.5, 0.6) is 0 Å². The monoisotopic (exact) mass is 252 g/mol. The van der Waals surface area contributed by atoms with Crippen LogP contribution in [0.2, 0.25) is 0 Å². The molecular formula is C13H20N2O3. The van der Waals surface area contributed by atoms with Gasteiger partial charge >= 0.3 is 5.97 Å². The van der Waals surface area contributed by atoms with Gasteiger partial charge in [0.1, 0.15) is 11.7 Å². The largest absolute Gasteiger partial charge is 0.457 e. The fourth-order valence-corrected chi connectivity index (χ4v) is 2.16. The van der Waals surface area contributed by atoms with E-state index in [-0.39, 0.29) is 12.1 Å². The van der Waals surface area contributed by atoms with Gasteiger partial charge in [0.15, 0.2) is 0 Å². The maximum atomic E-state index is 12.0. The fraction of sp³-hybridized carbons (Fsp3) is 0.692. The highest BCUT2D eigenvalue weighted by molar-refractivity contribution is 5.90. The molecule has 0 saturated carbocycles. The second-order valence-corrected chi connectivity index (χ2v) is 4.56. The van der Waals surface area contributed by atoms with Crippen molar-refractivity contribution in [1.82, 2.24) is 9.78 Å². The second-order valence-electron chi connectivity index (χ2n) is 4.56. The molecular weight excluding hydrogens is 232 g/mol. The Morgan fingerprint density at radius 1 is 1.56 bits per heavy atom. The zero-order valence-corrected chi connectivity index (χ0v) is 11.0. The first-order valence-electron chi connectivity index (χ1n) is 6.55. The Morgan fingerprint density at radius 3 is 3.17 bits per heavy atom. The van der Waals surface area contributed by atoms with Crippen molar-refractivity contribution in [3.8, 4) is 0 Å². The fourth-order valence-electron chi connectivity index (χ4n) is 2.16. The number of rotatable bonds is 5. The lowest BCUT2D eigenvalue weighted by atomic mass is 10.1. The maximum Gasteiger partial charge on any atom is 0.341 e. The third-order valence-corrected chi connectivity index (χ3v) is 3.07. The van der Waals surface area contributed by atoms with Gasteiger partial charge in [-0.05, 0) is 33.1 Å². The highest BCUT2D eigenvalue weighted by Crippen LogP contribution is 2.19. The Hall–Kier alpha value is -1.36. The number of nitrogens with zero attached hydrogens (tertiary/aromatic N) is 2. The molecule has 0 N–H and O–H groups in total. The number of carbonyl (C=O) groups excluding carboxylic acids is 1. The minimum atomic E-state index is -0.287. The van der Waals surface area contributed by atoms with E-state index in [1.54, 1.807) is 6.20 Å². The average Bonchev–Trinajstić information content (AvgIpc) is 2.80. The van der Waals surface area contributed by atoms with Gasteiger partial charge in [0.2, 0.25) is 0 Å². The van der Waals surface area contributed by atoms with Gasteiger partial charge < -0.3 is 9.47 Å². The molecule has 0 amide bonds. The van der Waals surface area contributed by atoms with Crippen molar-refractivity contribution in [3.63, 3.8) is 0 Å². The van der Waals surface area contributed by atoms with Crippen LogP contribution in [0, 0.1) is 0 Å². The summed E-state index contributed by atoms with van der Waals surface area (Å²) in [5.41, 5.74) is 1.62. The molecule has 18 heavy (non-hydrogen) atoms. The number of aryl methyl sites for hydroxylation is 1. The van der Waals surface area contributed by atoms with Gasteiger partial charge in [-0.2, -0.15) is 5.10 Å². The smallest absolute Gasteiger partial charge is 0.341 e. The first-order chi connectivity index (χ1) is 8.72. The van der Waals surface area contributed by atoms with Crippen molar-refractivity contribution in [2.24, 2.45) is 0 Å². The molecule has 0 fully saturated rings. The van der Waals surface area contributed by atoms with E-state index < -0.39 is 0 Å². The molecule has 0 aromatic carbocycles. The zero-order chi connectivity index (χ0) is 13.0. The van der Waals surface area contributed by atoms with Crippen molar-refractivity contribution in [1.29, 1.82) is 0 Å². The maximum absolute atomic E-state index is 12.0. The molecule has 0 radical (unpaired) electrons. The summed E-state index contributed by atoms with van der Waals surface area (Å²) in [6, 6.07) is 0. The molecule has 1 aromatic heterocycles. The number of ether oxygens (including phenoxy) is 2. The van der Waals surface area contributed by atoms with E-state index in [0.29, 0.717) is 18.8 Å². The van der Waals surface area contributed by atoms with Crippen LogP contribution in [0.15, 0.2) is 6.20 Å². The molecule has 1 aromatic rings. The summed E-state index contributed by atoms with van der Waals surface area (Å²) in [7, 11) is 0. The Morgan fingerprint density at radius 2 is 2.39 bits per heavy atom. The second kappa shape index (κ2) is 6.00. The zero-order valence-electron chi connectivity index (χ0n) is 11.0. The topological polar surface area (TPSA) is 53.4 Å². The van der Waals surface area contributed by atoms with Crippen LogP contribution in [-0.2, 0) is 22.4 Å². The van der Waals surface area contributed by atoms with Crippen molar-refractivity contribution in [3.05, 3.63) is 17.5 Å². The summed E-state index contributed by atoms with van der Waals surface area (Å²) >= 11 is 0. The average molecular weight is 252 g/mol. The number of hydrogen-bond acceptors (Lipinski definition) is 4. The molecule has 2 rings (SSSR count). The van der Waals surface area contributed by atoms with Gasteiger partial charge in [0.25, 0.3) is 0 Å². The molecule has 0 saturated heterocycles. The van der Waals surface area contributed by atoms with Gasteiger partial charge in [0, 0.05) is 13.2 Å². The van der Waals surface area contributed by atoms with Crippen LogP contribution in [0.3, 0.4) is 0 Å². The highest BCUT2D eigenvalue weighted by Gasteiger charge is 2.22. The number of carbonyl (C=O) groups is 1. The quantitative estimate of drug-likeness (QED) is 0.750. The summed E-state index contributed by atoms with van der Waals surface area (Å²) in [4.78, 5) is 12.0. The molecule has 1 aliphatic rings. The first-order valence-corrected chi connectivity index (χ1v) is 6.55. The van der Waals surface area contributed by atoms with Crippen molar-refractivity contribution >= 4 is 5.97 Å². The third-order valence-electron chi connectivity index (χ3n) is 3.07. The summed E-state index contributed by atoms with van der Waals surface area (Å²) in [6.45, 7) is 5.72. The predicted molar refractivity (Wildman–Crippen MR) is 66.5 cm³/mol. The Kier molecular flexibility index (Phi) is 4.36. The predicted octanol–water partition coefficient (Wildman–Crippen LogP) is 1.80. The van der Waals surface area contributed by atoms with Gasteiger partial charge in [-0.3, -0.25) is 4.68 Å². The van der Waals surface area contributed by atoms with E-state index in [4.69, 9.17) is 9.47 Å².